The monoisotopic (exact) mass is 342 g/mol. The molecule has 2 rings (SSSR count). The molecule has 0 aromatic heterocycles. The van der Waals surface area contributed by atoms with Gasteiger partial charge in [-0.3, -0.25) is 4.79 Å². The van der Waals surface area contributed by atoms with Crippen LogP contribution >= 0.6 is 0 Å². The number of ether oxygens (including phenoxy) is 2. The smallest absolute Gasteiger partial charge is 0.319 e. The summed E-state index contributed by atoms with van der Waals surface area (Å²) in [6.45, 7) is 3.37. The van der Waals surface area contributed by atoms with Gasteiger partial charge < -0.3 is 20.1 Å². The summed E-state index contributed by atoms with van der Waals surface area (Å²) in [6.07, 6.45) is 0. The maximum absolute atomic E-state index is 12.1. The van der Waals surface area contributed by atoms with Gasteiger partial charge in [0, 0.05) is 11.3 Å². The molecule has 0 aliphatic heterocycles. The van der Waals surface area contributed by atoms with Crippen molar-refractivity contribution in [1.82, 2.24) is 5.32 Å². The molecular weight excluding hydrogens is 320 g/mol. The number of hydrogen-bond donors (Lipinski definition) is 2. The highest BCUT2D eigenvalue weighted by atomic mass is 16.5. The van der Waals surface area contributed by atoms with Gasteiger partial charge >= 0.3 is 6.03 Å². The quantitative estimate of drug-likeness (QED) is 0.783. The van der Waals surface area contributed by atoms with E-state index >= 15 is 0 Å². The van der Waals surface area contributed by atoms with E-state index in [4.69, 9.17) is 9.47 Å². The Morgan fingerprint density at radius 1 is 0.960 bits per heavy atom. The Bertz CT molecular complexity index is 757. The molecule has 0 spiro atoms. The fraction of sp³-hybridized carbons (Fsp3) is 0.263. The molecule has 132 valence electrons. The molecule has 2 N–H and O–H groups in total. The van der Waals surface area contributed by atoms with E-state index in [1.54, 1.807) is 44.6 Å². The lowest BCUT2D eigenvalue weighted by atomic mass is 10.1. The van der Waals surface area contributed by atoms with Gasteiger partial charge in [-0.05, 0) is 55.8 Å². The normalized spacial score (nSPS) is 11.4. The van der Waals surface area contributed by atoms with E-state index in [1.807, 2.05) is 19.1 Å². The van der Waals surface area contributed by atoms with Crippen LogP contribution in [-0.4, -0.2) is 26.0 Å². The molecule has 2 aromatic rings. The summed E-state index contributed by atoms with van der Waals surface area (Å²) in [4.78, 5) is 23.4. The molecule has 0 heterocycles. The molecule has 0 bridgehead atoms. The van der Waals surface area contributed by atoms with Crippen molar-refractivity contribution in [3.63, 3.8) is 0 Å². The SMILES string of the molecule is COc1ccc([C@H](C)NC(=O)Nc2ccc(C(C)=O)cc2)cc1OC. The average molecular weight is 342 g/mol. The second-order valence-corrected chi connectivity index (χ2v) is 5.57. The summed E-state index contributed by atoms with van der Waals surface area (Å²) in [5.41, 5.74) is 2.10. The third-order valence-electron chi connectivity index (χ3n) is 3.80. The molecule has 25 heavy (non-hydrogen) atoms. The number of carbonyl (C=O) groups is 2. The molecule has 0 unspecified atom stereocenters. The van der Waals surface area contributed by atoms with Crippen LogP contribution in [0.25, 0.3) is 0 Å². The van der Waals surface area contributed by atoms with Crippen LogP contribution in [0.15, 0.2) is 42.5 Å². The van der Waals surface area contributed by atoms with Crippen LogP contribution in [-0.2, 0) is 0 Å². The maximum atomic E-state index is 12.1. The fourth-order valence-corrected chi connectivity index (χ4v) is 2.36. The number of benzene rings is 2. The maximum Gasteiger partial charge on any atom is 0.319 e. The summed E-state index contributed by atoms with van der Waals surface area (Å²) in [7, 11) is 3.14. The first kappa shape index (κ1) is 18.3. The van der Waals surface area contributed by atoms with Gasteiger partial charge in [0.15, 0.2) is 17.3 Å². The van der Waals surface area contributed by atoms with Crippen molar-refractivity contribution in [1.29, 1.82) is 0 Å². The molecule has 1 atom stereocenters. The molecule has 0 aliphatic carbocycles. The summed E-state index contributed by atoms with van der Waals surface area (Å²) < 4.78 is 10.5. The fourth-order valence-electron chi connectivity index (χ4n) is 2.36. The minimum atomic E-state index is -0.335. The predicted octanol–water partition coefficient (Wildman–Crippen LogP) is 3.79. The van der Waals surface area contributed by atoms with Gasteiger partial charge in [-0.2, -0.15) is 0 Å². The van der Waals surface area contributed by atoms with E-state index in [1.165, 1.54) is 6.92 Å². The summed E-state index contributed by atoms with van der Waals surface area (Å²) >= 11 is 0. The van der Waals surface area contributed by atoms with Crippen molar-refractivity contribution in [2.24, 2.45) is 0 Å². The van der Waals surface area contributed by atoms with E-state index < -0.39 is 0 Å². The number of amides is 2. The van der Waals surface area contributed by atoms with E-state index in [-0.39, 0.29) is 17.9 Å². The van der Waals surface area contributed by atoms with Gasteiger partial charge in [0.2, 0.25) is 0 Å². The van der Waals surface area contributed by atoms with Crippen LogP contribution in [0.5, 0.6) is 11.5 Å². The molecule has 6 heteroatoms. The molecule has 0 saturated carbocycles. The highest BCUT2D eigenvalue weighted by molar-refractivity contribution is 5.95. The van der Waals surface area contributed by atoms with Crippen LogP contribution < -0.4 is 20.1 Å². The summed E-state index contributed by atoms with van der Waals surface area (Å²) in [5.74, 6) is 1.22. The Labute approximate surface area is 147 Å². The largest absolute Gasteiger partial charge is 0.493 e. The van der Waals surface area contributed by atoms with E-state index in [2.05, 4.69) is 10.6 Å². The molecule has 6 nitrogen and oxygen atoms in total. The molecule has 0 fully saturated rings. The van der Waals surface area contributed by atoms with Crippen molar-refractivity contribution in [2.75, 3.05) is 19.5 Å². The Morgan fingerprint density at radius 2 is 1.60 bits per heavy atom. The van der Waals surface area contributed by atoms with Crippen LogP contribution in [0.4, 0.5) is 10.5 Å². The molecule has 0 radical (unpaired) electrons. The van der Waals surface area contributed by atoms with Crippen molar-refractivity contribution in [3.8, 4) is 11.5 Å². The lowest BCUT2D eigenvalue weighted by Gasteiger charge is -2.17. The highest BCUT2D eigenvalue weighted by Crippen LogP contribution is 2.29. The second-order valence-electron chi connectivity index (χ2n) is 5.57. The number of urea groups is 1. The Morgan fingerprint density at radius 3 is 2.16 bits per heavy atom. The van der Waals surface area contributed by atoms with Crippen molar-refractivity contribution < 1.29 is 19.1 Å². The standard InChI is InChI=1S/C19H22N2O4/c1-12(15-7-10-17(24-3)18(11-15)25-4)20-19(23)21-16-8-5-14(6-9-16)13(2)22/h5-12H,1-4H3,(H2,20,21,23)/t12-/m0/s1. The van der Waals surface area contributed by atoms with E-state index in [0.29, 0.717) is 22.7 Å². The molecule has 2 amide bonds. The average Bonchev–Trinajstić information content (AvgIpc) is 2.61. The van der Waals surface area contributed by atoms with Gasteiger partial charge in [-0.25, -0.2) is 4.79 Å². The first-order valence-corrected chi connectivity index (χ1v) is 7.85. The number of methoxy groups -OCH3 is 2. The third-order valence-corrected chi connectivity index (χ3v) is 3.80. The molecular formula is C19H22N2O4. The number of anilines is 1. The Kier molecular flexibility index (Phi) is 6.00. The Hall–Kier alpha value is -3.02. The minimum absolute atomic E-state index is 0.0157. The number of ketones is 1. The van der Waals surface area contributed by atoms with E-state index in [9.17, 15) is 9.59 Å². The molecule has 0 saturated heterocycles. The Balaban J connectivity index is 2.01. The van der Waals surface area contributed by atoms with Gasteiger partial charge in [-0.1, -0.05) is 6.07 Å². The first-order chi connectivity index (χ1) is 11.9. The molecule has 0 aliphatic rings. The molecule has 2 aromatic carbocycles. The highest BCUT2D eigenvalue weighted by Gasteiger charge is 2.13. The third kappa shape index (κ3) is 4.73. The van der Waals surface area contributed by atoms with Crippen LogP contribution in [0.3, 0.4) is 0 Å². The van der Waals surface area contributed by atoms with Crippen molar-refractivity contribution in [2.45, 2.75) is 19.9 Å². The first-order valence-electron chi connectivity index (χ1n) is 7.85. The van der Waals surface area contributed by atoms with E-state index in [0.717, 1.165) is 5.56 Å². The van der Waals surface area contributed by atoms with Gasteiger partial charge in [0.25, 0.3) is 0 Å². The number of nitrogens with one attached hydrogen (secondary N) is 2. The summed E-state index contributed by atoms with van der Waals surface area (Å²) in [6, 6.07) is 11.7. The van der Waals surface area contributed by atoms with Gasteiger partial charge in [-0.15, -0.1) is 0 Å². The second kappa shape index (κ2) is 8.19. The zero-order valence-corrected chi connectivity index (χ0v) is 14.8. The number of rotatable bonds is 6. The van der Waals surface area contributed by atoms with Crippen LogP contribution in [0, 0.1) is 0 Å². The minimum Gasteiger partial charge on any atom is -0.493 e. The number of Topliss-reactive ketones (excluding diaryl/α,β-unsaturated/α-hetero) is 1. The number of hydrogen-bond acceptors (Lipinski definition) is 4. The predicted molar refractivity (Wildman–Crippen MR) is 96.6 cm³/mol. The topological polar surface area (TPSA) is 76.7 Å². The summed E-state index contributed by atoms with van der Waals surface area (Å²) in [5, 5.41) is 5.60. The van der Waals surface area contributed by atoms with Crippen LogP contribution in [0.1, 0.15) is 35.8 Å². The van der Waals surface area contributed by atoms with Gasteiger partial charge in [0.1, 0.15) is 0 Å². The van der Waals surface area contributed by atoms with Crippen LogP contribution in [0.2, 0.25) is 0 Å². The van der Waals surface area contributed by atoms with Crippen molar-refractivity contribution >= 4 is 17.5 Å². The zero-order valence-electron chi connectivity index (χ0n) is 14.8. The lowest BCUT2D eigenvalue weighted by Crippen LogP contribution is -2.31. The zero-order chi connectivity index (χ0) is 18.4. The van der Waals surface area contributed by atoms with Gasteiger partial charge in [0.05, 0.1) is 20.3 Å². The lowest BCUT2D eigenvalue weighted by molar-refractivity contribution is 0.101. The van der Waals surface area contributed by atoms with Crippen molar-refractivity contribution in [3.05, 3.63) is 53.6 Å². The number of carbonyl (C=O) groups excluding carboxylic acids is 2.